The molecule has 0 bridgehead atoms. The van der Waals surface area contributed by atoms with Gasteiger partial charge in [0.25, 0.3) is 0 Å². The van der Waals surface area contributed by atoms with Crippen LogP contribution in [0.25, 0.3) is 0 Å². The number of nitrogens with one attached hydrogen (secondary N) is 1. The molecule has 0 saturated carbocycles. The number of halogens is 3. The Balaban J connectivity index is 2.25. The second-order valence-electron chi connectivity index (χ2n) is 4.39. The highest BCUT2D eigenvalue weighted by Gasteiger charge is 2.09. The molecule has 0 heterocycles. The smallest absolute Gasteiger partial charge is 0.143 e. The molecular weight excluding hydrogens is 405 g/mol. The van der Waals surface area contributed by atoms with Crippen LogP contribution in [0.2, 0.25) is 5.02 Å². The van der Waals surface area contributed by atoms with Crippen molar-refractivity contribution >= 4 is 49.1 Å². The topological polar surface area (TPSA) is 21.3 Å². The minimum Gasteiger partial charge on any atom is -0.495 e. The van der Waals surface area contributed by atoms with E-state index in [9.17, 15) is 0 Å². The van der Waals surface area contributed by atoms with Crippen LogP contribution in [0.3, 0.4) is 0 Å². The van der Waals surface area contributed by atoms with E-state index in [4.69, 9.17) is 16.3 Å². The Morgan fingerprint density at radius 1 is 1.15 bits per heavy atom. The largest absolute Gasteiger partial charge is 0.495 e. The van der Waals surface area contributed by atoms with Crippen LogP contribution in [0.4, 0.5) is 5.69 Å². The van der Waals surface area contributed by atoms with Crippen molar-refractivity contribution in [1.29, 1.82) is 0 Å². The van der Waals surface area contributed by atoms with Crippen molar-refractivity contribution in [2.75, 3.05) is 12.4 Å². The third kappa shape index (κ3) is 3.68. The lowest BCUT2D eigenvalue weighted by atomic mass is 10.1. The van der Waals surface area contributed by atoms with Gasteiger partial charge in [-0.2, -0.15) is 0 Å². The molecule has 0 amide bonds. The van der Waals surface area contributed by atoms with Crippen molar-refractivity contribution in [3.8, 4) is 5.75 Å². The molecule has 0 radical (unpaired) electrons. The maximum atomic E-state index is 6.20. The van der Waals surface area contributed by atoms with E-state index in [1.54, 1.807) is 7.11 Å². The fraction of sp³-hybridized carbons (Fsp3) is 0.200. The van der Waals surface area contributed by atoms with Gasteiger partial charge in [-0.15, -0.1) is 0 Å². The van der Waals surface area contributed by atoms with E-state index in [-0.39, 0.29) is 0 Å². The summed E-state index contributed by atoms with van der Waals surface area (Å²) in [6.07, 6.45) is 0. The van der Waals surface area contributed by atoms with Crippen LogP contribution in [0, 0.1) is 6.92 Å². The summed E-state index contributed by atoms with van der Waals surface area (Å²) in [4.78, 5) is 0. The lowest BCUT2D eigenvalue weighted by Gasteiger charge is -2.15. The first-order valence-electron chi connectivity index (χ1n) is 6.03. The summed E-state index contributed by atoms with van der Waals surface area (Å²) < 4.78 is 7.42. The van der Waals surface area contributed by atoms with E-state index >= 15 is 0 Å². The number of anilines is 1. The molecule has 0 aromatic heterocycles. The van der Waals surface area contributed by atoms with Crippen LogP contribution in [0.1, 0.15) is 11.1 Å². The number of hydrogen-bond donors (Lipinski definition) is 1. The molecule has 2 aromatic carbocycles. The van der Waals surface area contributed by atoms with Gasteiger partial charge in [0.1, 0.15) is 5.75 Å². The minimum atomic E-state index is 0.636. The highest BCUT2D eigenvalue weighted by atomic mass is 79.9. The Kier molecular flexibility index (Phi) is 5.35. The van der Waals surface area contributed by atoms with Crippen LogP contribution in [-0.4, -0.2) is 7.11 Å². The molecule has 0 aliphatic rings. The summed E-state index contributed by atoms with van der Waals surface area (Å²) in [5.74, 6) is 0.808. The summed E-state index contributed by atoms with van der Waals surface area (Å²) in [5.41, 5.74) is 3.12. The molecule has 106 valence electrons. The molecule has 0 unspecified atom stereocenters. The molecule has 0 spiro atoms. The average molecular weight is 420 g/mol. The van der Waals surface area contributed by atoms with Gasteiger partial charge in [0.15, 0.2) is 0 Å². The second kappa shape index (κ2) is 6.83. The summed E-state index contributed by atoms with van der Waals surface area (Å²) in [6.45, 7) is 2.68. The van der Waals surface area contributed by atoms with Gasteiger partial charge in [-0.3, -0.25) is 0 Å². The third-order valence-electron chi connectivity index (χ3n) is 2.95. The molecule has 5 heteroatoms. The van der Waals surface area contributed by atoms with E-state index in [1.807, 2.05) is 37.3 Å². The van der Waals surface area contributed by atoms with Gasteiger partial charge < -0.3 is 10.1 Å². The van der Waals surface area contributed by atoms with Crippen molar-refractivity contribution in [2.24, 2.45) is 0 Å². The lowest BCUT2D eigenvalue weighted by Crippen LogP contribution is -2.04. The predicted octanol–water partition coefficient (Wildman–Crippen LogP) is 5.79. The minimum absolute atomic E-state index is 0.636. The van der Waals surface area contributed by atoms with Gasteiger partial charge in [-0.05, 0) is 48.4 Å². The zero-order chi connectivity index (χ0) is 14.7. The van der Waals surface area contributed by atoms with Gasteiger partial charge in [0.05, 0.1) is 12.8 Å². The predicted molar refractivity (Wildman–Crippen MR) is 91.9 cm³/mol. The summed E-state index contributed by atoms with van der Waals surface area (Å²) in [5, 5.41) is 4.14. The third-order valence-corrected chi connectivity index (χ3v) is 4.27. The highest BCUT2D eigenvalue weighted by molar-refractivity contribution is 9.10. The standard InChI is InChI=1S/C15H14Br2ClNO/c1-9-5-12(17)7-14(20-2)15(9)19-8-10-6-11(16)3-4-13(10)18/h3-7,19H,8H2,1-2H3. The molecule has 0 aliphatic carbocycles. The Labute approximate surface area is 140 Å². The molecule has 2 aromatic rings. The Morgan fingerprint density at radius 3 is 2.60 bits per heavy atom. The van der Waals surface area contributed by atoms with Crippen molar-refractivity contribution < 1.29 is 4.74 Å². The highest BCUT2D eigenvalue weighted by Crippen LogP contribution is 2.33. The number of rotatable bonds is 4. The first kappa shape index (κ1) is 15.7. The van der Waals surface area contributed by atoms with Crippen LogP contribution in [0.15, 0.2) is 39.3 Å². The van der Waals surface area contributed by atoms with E-state index in [2.05, 4.69) is 37.2 Å². The lowest BCUT2D eigenvalue weighted by molar-refractivity contribution is 0.416. The summed E-state index contributed by atoms with van der Waals surface area (Å²) >= 11 is 13.1. The first-order chi connectivity index (χ1) is 9.51. The quantitative estimate of drug-likeness (QED) is 0.677. The number of benzene rings is 2. The van der Waals surface area contributed by atoms with Gasteiger partial charge >= 0.3 is 0 Å². The normalized spacial score (nSPS) is 10.4. The van der Waals surface area contributed by atoms with E-state index in [0.29, 0.717) is 6.54 Å². The SMILES string of the molecule is COc1cc(Br)cc(C)c1NCc1cc(Br)ccc1Cl. The maximum absolute atomic E-state index is 6.20. The molecule has 0 saturated heterocycles. The average Bonchev–Trinajstić information content (AvgIpc) is 2.40. The van der Waals surface area contributed by atoms with Crippen LogP contribution >= 0.6 is 43.5 Å². The van der Waals surface area contributed by atoms with Gasteiger partial charge in [0, 0.05) is 20.5 Å². The molecule has 0 aliphatic heterocycles. The zero-order valence-corrected chi connectivity index (χ0v) is 15.1. The number of methoxy groups -OCH3 is 1. The van der Waals surface area contributed by atoms with Crippen molar-refractivity contribution in [3.05, 3.63) is 55.4 Å². The van der Waals surface area contributed by atoms with E-state index in [1.165, 1.54) is 0 Å². The fourth-order valence-corrected chi connectivity index (χ4v) is 3.11. The number of ether oxygens (including phenoxy) is 1. The summed E-state index contributed by atoms with van der Waals surface area (Å²) in [6, 6.07) is 9.81. The molecule has 0 fully saturated rings. The van der Waals surface area contributed by atoms with E-state index < -0.39 is 0 Å². The zero-order valence-electron chi connectivity index (χ0n) is 11.1. The van der Waals surface area contributed by atoms with Crippen molar-refractivity contribution in [3.63, 3.8) is 0 Å². The molecule has 1 N–H and O–H groups in total. The Morgan fingerprint density at radius 2 is 1.90 bits per heavy atom. The van der Waals surface area contributed by atoms with Crippen LogP contribution in [-0.2, 0) is 6.54 Å². The molecule has 2 nitrogen and oxygen atoms in total. The number of hydrogen-bond acceptors (Lipinski definition) is 2. The van der Waals surface area contributed by atoms with Crippen molar-refractivity contribution in [2.45, 2.75) is 13.5 Å². The monoisotopic (exact) mass is 417 g/mol. The molecular formula is C15H14Br2ClNO. The molecule has 0 atom stereocenters. The van der Waals surface area contributed by atoms with Gasteiger partial charge in [0.2, 0.25) is 0 Å². The summed E-state index contributed by atoms with van der Waals surface area (Å²) in [7, 11) is 1.67. The molecule has 20 heavy (non-hydrogen) atoms. The van der Waals surface area contributed by atoms with Crippen LogP contribution < -0.4 is 10.1 Å². The maximum Gasteiger partial charge on any atom is 0.143 e. The Hall–Kier alpha value is -0.710. The first-order valence-corrected chi connectivity index (χ1v) is 7.99. The van der Waals surface area contributed by atoms with Crippen molar-refractivity contribution in [1.82, 2.24) is 0 Å². The fourth-order valence-electron chi connectivity index (χ4n) is 1.96. The van der Waals surface area contributed by atoms with Gasteiger partial charge in [-0.1, -0.05) is 43.5 Å². The second-order valence-corrected chi connectivity index (χ2v) is 6.63. The molecule has 2 rings (SSSR count). The van der Waals surface area contributed by atoms with E-state index in [0.717, 1.165) is 36.5 Å². The van der Waals surface area contributed by atoms with Gasteiger partial charge in [-0.25, -0.2) is 0 Å². The number of aryl methyl sites for hydroxylation is 1. The Bertz CT molecular complexity index is 632. The van der Waals surface area contributed by atoms with Crippen LogP contribution in [0.5, 0.6) is 5.75 Å².